The summed E-state index contributed by atoms with van der Waals surface area (Å²) in [6.07, 6.45) is 2.27. The van der Waals surface area contributed by atoms with Crippen molar-refractivity contribution < 1.29 is 0 Å². The van der Waals surface area contributed by atoms with E-state index in [0.717, 1.165) is 6.42 Å². The number of aryl methyl sites for hydroxylation is 1. The summed E-state index contributed by atoms with van der Waals surface area (Å²) in [6, 6.07) is 1.30. The summed E-state index contributed by atoms with van der Waals surface area (Å²) in [7, 11) is 0. The van der Waals surface area contributed by atoms with E-state index in [1.807, 2.05) is 0 Å². The summed E-state index contributed by atoms with van der Waals surface area (Å²) in [5.41, 5.74) is 10.6. The molecule has 0 aliphatic carbocycles. The minimum absolute atomic E-state index is 0.309. The Hall–Kier alpha value is -1.36. The maximum absolute atomic E-state index is 10.7. The average Bonchev–Trinajstić information content (AvgIpc) is 2.03. The van der Waals surface area contributed by atoms with Crippen LogP contribution in [0.1, 0.15) is 6.42 Å². The van der Waals surface area contributed by atoms with Crippen LogP contribution in [0, 0.1) is 0 Å². The van der Waals surface area contributed by atoms with Crippen LogP contribution in [0.2, 0.25) is 0 Å². The van der Waals surface area contributed by atoms with Crippen molar-refractivity contribution in [3.05, 3.63) is 22.7 Å². The molecule has 5 heteroatoms. The normalized spacial score (nSPS) is 10.1. The molecule has 66 valence electrons. The number of hydrogen-bond acceptors (Lipinski definition) is 4. The summed E-state index contributed by atoms with van der Waals surface area (Å²) in [5.74, 6) is 0.434. The Bertz CT molecular complexity index is 307. The van der Waals surface area contributed by atoms with Gasteiger partial charge in [0, 0.05) is 12.6 Å². The molecule has 0 bridgehead atoms. The Morgan fingerprint density at radius 2 is 2.33 bits per heavy atom. The zero-order valence-corrected chi connectivity index (χ0v) is 6.73. The monoisotopic (exact) mass is 168 g/mol. The van der Waals surface area contributed by atoms with Crippen molar-refractivity contribution in [3.8, 4) is 0 Å². The van der Waals surface area contributed by atoms with E-state index >= 15 is 0 Å². The summed E-state index contributed by atoms with van der Waals surface area (Å²) < 4.78 is 1.70. The van der Waals surface area contributed by atoms with Crippen molar-refractivity contribution in [2.45, 2.75) is 13.0 Å². The molecule has 0 fully saturated rings. The van der Waals surface area contributed by atoms with Crippen LogP contribution in [0.4, 0.5) is 5.82 Å². The minimum atomic E-state index is -0.309. The molecule has 0 saturated heterocycles. The van der Waals surface area contributed by atoms with Crippen LogP contribution in [-0.4, -0.2) is 16.1 Å². The number of aromatic nitrogens is 2. The van der Waals surface area contributed by atoms with E-state index in [1.165, 1.54) is 12.4 Å². The highest BCUT2D eigenvalue weighted by atomic mass is 16.1. The summed E-state index contributed by atoms with van der Waals surface area (Å²) in [5, 5.41) is 0. The first-order valence-electron chi connectivity index (χ1n) is 3.76. The standard InChI is InChI=1S/C7H12N4O/c8-2-1-3-11-5-10-7(12)4-6(11)9/h4-5H,1-3,8-9H2. The maximum Gasteiger partial charge on any atom is 0.274 e. The quantitative estimate of drug-likeness (QED) is 0.617. The van der Waals surface area contributed by atoms with Crippen molar-refractivity contribution in [1.82, 2.24) is 9.55 Å². The van der Waals surface area contributed by atoms with Gasteiger partial charge in [-0.15, -0.1) is 0 Å². The number of nitrogen functional groups attached to an aromatic ring is 1. The molecule has 1 heterocycles. The number of nitrogens with zero attached hydrogens (tertiary/aromatic N) is 2. The van der Waals surface area contributed by atoms with Gasteiger partial charge in [-0.05, 0) is 13.0 Å². The van der Waals surface area contributed by atoms with Gasteiger partial charge in [-0.1, -0.05) is 0 Å². The topological polar surface area (TPSA) is 86.9 Å². The van der Waals surface area contributed by atoms with Crippen molar-refractivity contribution >= 4 is 5.82 Å². The lowest BCUT2D eigenvalue weighted by Gasteiger charge is -2.06. The Labute approximate surface area is 70.0 Å². The van der Waals surface area contributed by atoms with Gasteiger partial charge in [-0.2, -0.15) is 4.98 Å². The van der Waals surface area contributed by atoms with Gasteiger partial charge in [0.15, 0.2) is 0 Å². The summed E-state index contributed by atoms with van der Waals surface area (Å²) >= 11 is 0. The Morgan fingerprint density at radius 1 is 1.58 bits per heavy atom. The third kappa shape index (κ3) is 2.06. The fourth-order valence-corrected chi connectivity index (χ4v) is 0.888. The number of nitrogens with two attached hydrogens (primary N) is 2. The van der Waals surface area contributed by atoms with Gasteiger partial charge in [-0.3, -0.25) is 4.79 Å². The summed E-state index contributed by atoms with van der Waals surface area (Å²) in [6.45, 7) is 1.31. The predicted molar refractivity (Wildman–Crippen MR) is 46.6 cm³/mol. The maximum atomic E-state index is 10.7. The van der Waals surface area contributed by atoms with Crippen LogP contribution >= 0.6 is 0 Å². The van der Waals surface area contributed by atoms with Crippen molar-refractivity contribution in [2.24, 2.45) is 5.73 Å². The van der Waals surface area contributed by atoms with Crippen molar-refractivity contribution in [3.63, 3.8) is 0 Å². The van der Waals surface area contributed by atoms with Crippen LogP contribution in [0.15, 0.2) is 17.2 Å². The highest BCUT2D eigenvalue weighted by molar-refractivity contribution is 5.25. The second-order valence-electron chi connectivity index (χ2n) is 2.49. The lowest BCUT2D eigenvalue weighted by atomic mass is 10.4. The average molecular weight is 168 g/mol. The molecule has 0 radical (unpaired) electrons. The van der Waals surface area contributed by atoms with E-state index in [9.17, 15) is 4.79 Å². The third-order valence-electron chi connectivity index (χ3n) is 1.53. The fraction of sp³-hybridized carbons (Fsp3) is 0.429. The lowest BCUT2D eigenvalue weighted by molar-refractivity contribution is 0.642. The van der Waals surface area contributed by atoms with Gasteiger partial charge < -0.3 is 16.0 Å². The minimum Gasteiger partial charge on any atom is -0.385 e. The first kappa shape index (κ1) is 8.73. The molecule has 0 aliphatic heterocycles. The van der Waals surface area contributed by atoms with E-state index in [1.54, 1.807) is 4.57 Å². The molecular formula is C7H12N4O. The predicted octanol–water partition coefficient (Wildman–Crippen LogP) is -0.826. The Kier molecular flexibility index (Phi) is 2.82. The van der Waals surface area contributed by atoms with E-state index in [0.29, 0.717) is 18.9 Å². The molecule has 0 saturated carbocycles. The van der Waals surface area contributed by atoms with E-state index in [4.69, 9.17) is 11.5 Å². The van der Waals surface area contributed by atoms with Gasteiger partial charge in [0.2, 0.25) is 0 Å². The van der Waals surface area contributed by atoms with Crippen LogP contribution < -0.4 is 17.0 Å². The molecule has 0 atom stereocenters. The van der Waals surface area contributed by atoms with Crippen LogP contribution in [0.5, 0.6) is 0 Å². The third-order valence-corrected chi connectivity index (χ3v) is 1.53. The number of hydrogen-bond donors (Lipinski definition) is 2. The molecule has 4 N–H and O–H groups in total. The molecule has 1 rings (SSSR count). The molecule has 0 aliphatic rings. The van der Waals surface area contributed by atoms with Crippen molar-refractivity contribution in [2.75, 3.05) is 12.3 Å². The molecule has 5 nitrogen and oxygen atoms in total. The lowest BCUT2D eigenvalue weighted by Crippen LogP contribution is -2.15. The van der Waals surface area contributed by atoms with E-state index in [2.05, 4.69) is 4.98 Å². The molecule has 1 aromatic heterocycles. The van der Waals surface area contributed by atoms with Gasteiger partial charge >= 0.3 is 0 Å². The zero-order valence-electron chi connectivity index (χ0n) is 6.73. The number of anilines is 1. The van der Waals surface area contributed by atoms with Gasteiger partial charge in [0.05, 0.1) is 0 Å². The highest BCUT2D eigenvalue weighted by Gasteiger charge is 1.95. The van der Waals surface area contributed by atoms with Gasteiger partial charge in [0.1, 0.15) is 12.1 Å². The van der Waals surface area contributed by atoms with Crippen molar-refractivity contribution in [1.29, 1.82) is 0 Å². The molecule has 0 aromatic carbocycles. The molecule has 0 unspecified atom stereocenters. The highest BCUT2D eigenvalue weighted by Crippen LogP contribution is 1.96. The fourth-order valence-electron chi connectivity index (χ4n) is 0.888. The molecule has 0 amide bonds. The summed E-state index contributed by atoms with van der Waals surface area (Å²) in [4.78, 5) is 14.3. The number of rotatable bonds is 3. The second-order valence-corrected chi connectivity index (χ2v) is 2.49. The van der Waals surface area contributed by atoms with Crippen LogP contribution in [-0.2, 0) is 6.54 Å². The SMILES string of the molecule is NCCCn1cnc(=O)cc1N. The molecular weight excluding hydrogens is 156 g/mol. The molecule has 12 heavy (non-hydrogen) atoms. The van der Waals surface area contributed by atoms with Crippen LogP contribution in [0.25, 0.3) is 0 Å². The van der Waals surface area contributed by atoms with E-state index in [-0.39, 0.29) is 5.56 Å². The molecule has 1 aromatic rings. The first-order valence-corrected chi connectivity index (χ1v) is 3.76. The second kappa shape index (κ2) is 3.87. The smallest absolute Gasteiger partial charge is 0.274 e. The zero-order chi connectivity index (χ0) is 8.97. The van der Waals surface area contributed by atoms with Gasteiger partial charge in [-0.25, -0.2) is 0 Å². The van der Waals surface area contributed by atoms with Gasteiger partial charge in [0.25, 0.3) is 5.56 Å². The Balaban J connectivity index is 2.79. The largest absolute Gasteiger partial charge is 0.385 e. The van der Waals surface area contributed by atoms with Crippen LogP contribution in [0.3, 0.4) is 0 Å². The molecule has 0 spiro atoms. The van der Waals surface area contributed by atoms with E-state index < -0.39 is 0 Å². The first-order chi connectivity index (χ1) is 5.74. The Morgan fingerprint density at radius 3 is 2.92 bits per heavy atom.